The molecule has 0 spiro atoms. The number of nitrogens with two attached hydrogens (primary N) is 1. The van der Waals surface area contributed by atoms with Crippen LogP contribution in [0.1, 0.15) is 24.8 Å². The van der Waals surface area contributed by atoms with E-state index in [0.29, 0.717) is 13.2 Å². The lowest BCUT2D eigenvalue weighted by molar-refractivity contribution is 0.180. The van der Waals surface area contributed by atoms with Crippen LogP contribution >= 0.6 is 0 Å². The van der Waals surface area contributed by atoms with Crippen LogP contribution in [0, 0.1) is 0 Å². The number of likely N-dealkylation sites (tertiary alicyclic amines) is 1. The number of hydrogen-bond acceptors (Lipinski definition) is 4. The molecule has 4 nitrogen and oxygen atoms in total. The van der Waals surface area contributed by atoms with Crippen molar-refractivity contribution >= 4 is 0 Å². The van der Waals surface area contributed by atoms with Gasteiger partial charge in [-0.25, -0.2) is 0 Å². The molecule has 0 atom stereocenters. The highest BCUT2D eigenvalue weighted by Crippen LogP contribution is 2.30. The van der Waals surface area contributed by atoms with Gasteiger partial charge >= 0.3 is 0 Å². The number of benzene rings is 1. The van der Waals surface area contributed by atoms with Crippen LogP contribution in [0.2, 0.25) is 0 Å². The summed E-state index contributed by atoms with van der Waals surface area (Å²) in [7, 11) is 1.66. The SMILES string of the molecule is COc1cccc(CN)c1OCCN1CCCCC1. The normalized spacial score (nSPS) is 16.3. The van der Waals surface area contributed by atoms with E-state index in [9.17, 15) is 0 Å². The van der Waals surface area contributed by atoms with Crippen molar-refractivity contribution in [3.05, 3.63) is 23.8 Å². The van der Waals surface area contributed by atoms with E-state index in [-0.39, 0.29) is 0 Å². The van der Waals surface area contributed by atoms with E-state index in [0.717, 1.165) is 23.6 Å². The highest BCUT2D eigenvalue weighted by atomic mass is 16.5. The van der Waals surface area contributed by atoms with Gasteiger partial charge in [0.05, 0.1) is 7.11 Å². The maximum Gasteiger partial charge on any atom is 0.165 e. The van der Waals surface area contributed by atoms with Crippen molar-refractivity contribution in [2.45, 2.75) is 25.8 Å². The smallest absolute Gasteiger partial charge is 0.165 e. The van der Waals surface area contributed by atoms with Crippen molar-refractivity contribution in [1.29, 1.82) is 0 Å². The minimum absolute atomic E-state index is 0.468. The van der Waals surface area contributed by atoms with E-state index in [1.54, 1.807) is 7.11 Å². The fourth-order valence-corrected chi connectivity index (χ4v) is 2.51. The maximum absolute atomic E-state index is 5.91. The number of methoxy groups -OCH3 is 1. The zero-order valence-electron chi connectivity index (χ0n) is 11.7. The van der Waals surface area contributed by atoms with Gasteiger partial charge in [-0.3, -0.25) is 4.90 Å². The molecule has 0 unspecified atom stereocenters. The molecule has 0 amide bonds. The molecular formula is C15H24N2O2. The summed E-state index contributed by atoms with van der Waals surface area (Å²) >= 11 is 0. The Balaban J connectivity index is 1.90. The first-order valence-corrected chi connectivity index (χ1v) is 7.06. The molecule has 106 valence electrons. The van der Waals surface area contributed by atoms with Gasteiger partial charge in [-0.1, -0.05) is 18.6 Å². The van der Waals surface area contributed by atoms with Crippen LogP contribution in [0.5, 0.6) is 11.5 Å². The third-order valence-corrected chi connectivity index (χ3v) is 3.60. The third-order valence-electron chi connectivity index (χ3n) is 3.60. The van der Waals surface area contributed by atoms with Gasteiger partial charge < -0.3 is 15.2 Å². The van der Waals surface area contributed by atoms with Crippen LogP contribution in [0.25, 0.3) is 0 Å². The van der Waals surface area contributed by atoms with Crippen LogP contribution in [-0.4, -0.2) is 38.3 Å². The quantitative estimate of drug-likeness (QED) is 0.854. The Morgan fingerprint density at radius 1 is 1.21 bits per heavy atom. The van der Waals surface area contributed by atoms with Gasteiger partial charge in [-0.05, 0) is 32.0 Å². The molecule has 1 saturated heterocycles. The molecule has 19 heavy (non-hydrogen) atoms. The minimum Gasteiger partial charge on any atom is -0.493 e. The molecule has 0 radical (unpaired) electrons. The zero-order chi connectivity index (χ0) is 13.5. The molecule has 2 rings (SSSR count). The van der Waals surface area contributed by atoms with Crippen LogP contribution in [-0.2, 0) is 6.54 Å². The Morgan fingerprint density at radius 3 is 2.68 bits per heavy atom. The Hall–Kier alpha value is -1.26. The van der Waals surface area contributed by atoms with Gasteiger partial charge in [0.25, 0.3) is 0 Å². The second-order valence-electron chi connectivity index (χ2n) is 4.90. The second kappa shape index (κ2) is 7.36. The standard InChI is InChI=1S/C15H24N2O2/c1-18-14-7-5-6-13(12-16)15(14)19-11-10-17-8-3-2-4-9-17/h5-7H,2-4,8-12,16H2,1H3. The molecule has 1 aromatic rings. The molecular weight excluding hydrogens is 240 g/mol. The summed E-state index contributed by atoms with van der Waals surface area (Å²) in [4.78, 5) is 2.46. The van der Waals surface area contributed by atoms with Gasteiger partial charge in [-0.2, -0.15) is 0 Å². The highest BCUT2D eigenvalue weighted by molar-refractivity contribution is 5.46. The van der Waals surface area contributed by atoms with Crippen molar-refractivity contribution in [3.63, 3.8) is 0 Å². The predicted octanol–water partition coefficient (Wildman–Crippen LogP) is 2.02. The topological polar surface area (TPSA) is 47.7 Å². The van der Waals surface area contributed by atoms with E-state index in [1.807, 2.05) is 18.2 Å². The summed E-state index contributed by atoms with van der Waals surface area (Å²) in [6.07, 6.45) is 3.98. The molecule has 2 N–H and O–H groups in total. The average molecular weight is 264 g/mol. The summed E-state index contributed by atoms with van der Waals surface area (Å²) in [5.41, 5.74) is 6.74. The number of para-hydroxylation sites is 1. The lowest BCUT2D eigenvalue weighted by atomic mass is 10.1. The van der Waals surface area contributed by atoms with E-state index in [4.69, 9.17) is 15.2 Å². The minimum atomic E-state index is 0.468. The summed E-state index contributed by atoms with van der Waals surface area (Å²) in [6.45, 7) is 4.52. The molecule has 0 aliphatic carbocycles. The first-order valence-electron chi connectivity index (χ1n) is 7.06. The Kier molecular flexibility index (Phi) is 5.48. The average Bonchev–Trinajstić information content (AvgIpc) is 2.48. The lowest BCUT2D eigenvalue weighted by Crippen LogP contribution is -2.33. The van der Waals surface area contributed by atoms with Gasteiger partial charge in [0.1, 0.15) is 6.61 Å². The van der Waals surface area contributed by atoms with Gasteiger partial charge in [0, 0.05) is 18.7 Å². The maximum atomic E-state index is 5.91. The van der Waals surface area contributed by atoms with Crippen molar-refractivity contribution in [2.24, 2.45) is 5.73 Å². The molecule has 0 bridgehead atoms. The van der Waals surface area contributed by atoms with Crippen LogP contribution in [0.15, 0.2) is 18.2 Å². The van der Waals surface area contributed by atoms with Gasteiger partial charge in [-0.15, -0.1) is 0 Å². The molecule has 1 heterocycles. The first kappa shape index (κ1) is 14.2. The Bertz CT molecular complexity index is 367. The van der Waals surface area contributed by atoms with Gasteiger partial charge in [0.15, 0.2) is 11.5 Å². The van der Waals surface area contributed by atoms with E-state index in [2.05, 4.69) is 4.90 Å². The molecule has 0 saturated carbocycles. The fraction of sp³-hybridized carbons (Fsp3) is 0.600. The number of nitrogens with zero attached hydrogens (tertiary/aromatic N) is 1. The fourth-order valence-electron chi connectivity index (χ4n) is 2.51. The summed E-state index contributed by atoms with van der Waals surface area (Å²) < 4.78 is 11.2. The lowest BCUT2D eigenvalue weighted by Gasteiger charge is -2.26. The van der Waals surface area contributed by atoms with Crippen molar-refractivity contribution in [2.75, 3.05) is 33.4 Å². The summed E-state index contributed by atoms with van der Waals surface area (Å²) in [6, 6.07) is 5.84. The van der Waals surface area contributed by atoms with Gasteiger partial charge in [0.2, 0.25) is 0 Å². The molecule has 1 aliphatic heterocycles. The van der Waals surface area contributed by atoms with Crippen LogP contribution in [0.3, 0.4) is 0 Å². The number of piperidine rings is 1. The molecule has 0 aromatic heterocycles. The predicted molar refractivity (Wildman–Crippen MR) is 76.7 cm³/mol. The monoisotopic (exact) mass is 264 g/mol. The largest absolute Gasteiger partial charge is 0.493 e. The van der Waals surface area contributed by atoms with E-state index < -0.39 is 0 Å². The summed E-state index contributed by atoms with van der Waals surface area (Å²) in [5.74, 6) is 1.56. The van der Waals surface area contributed by atoms with Crippen molar-refractivity contribution < 1.29 is 9.47 Å². The zero-order valence-corrected chi connectivity index (χ0v) is 11.7. The van der Waals surface area contributed by atoms with Crippen molar-refractivity contribution in [3.8, 4) is 11.5 Å². The highest BCUT2D eigenvalue weighted by Gasteiger charge is 2.12. The van der Waals surface area contributed by atoms with Crippen molar-refractivity contribution in [1.82, 2.24) is 4.90 Å². The molecule has 1 aromatic carbocycles. The first-order chi connectivity index (χ1) is 9.35. The number of hydrogen-bond donors (Lipinski definition) is 1. The van der Waals surface area contributed by atoms with E-state index >= 15 is 0 Å². The molecule has 1 aliphatic rings. The number of ether oxygens (including phenoxy) is 2. The van der Waals surface area contributed by atoms with Crippen LogP contribution < -0.4 is 15.2 Å². The van der Waals surface area contributed by atoms with E-state index in [1.165, 1.54) is 32.4 Å². The Labute approximate surface area is 115 Å². The Morgan fingerprint density at radius 2 is 2.00 bits per heavy atom. The molecule has 4 heteroatoms. The van der Waals surface area contributed by atoms with Crippen LogP contribution in [0.4, 0.5) is 0 Å². The second-order valence-corrected chi connectivity index (χ2v) is 4.90. The molecule has 1 fully saturated rings. The third kappa shape index (κ3) is 3.85. The summed E-state index contributed by atoms with van der Waals surface area (Å²) in [5, 5.41) is 0. The number of rotatable bonds is 6.